The predicted octanol–water partition coefficient (Wildman–Crippen LogP) is 3.10. The Balaban J connectivity index is 1.90. The Bertz CT molecular complexity index is 607. The summed E-state index contributed by atoms with van der Waals surface area (Å²) in [5.74, 6) is 2.19. The number of hydrogen-bond donors (Lipinski definition) is 1. The SMILES string of the molecule is CC(C1CCN(C)CC1)n1c(-c2ccco2)n[nH]c1=S. The van der Waals surface area contributed by atoms with Crippen LogP contribution in [-0.4, -0.2) is 39.8 Å². The van der Waals surface area contributed by atoms with Crippen LogP contribution in [-0.2, 0) is 0 Å². The van der Waals surface area contributed by atoms with Crippen molar-refractivity contribution in [3.05, 3.63) is 23.2 Å². The molecular formula is C14H20N4OS. The van der Waals surface area contributed by atoms with Gasteiger partial charge in [-0.05, 0) is 70.2 Å². The van der Waals surface area contributed by atoms with Crippen molar-refractivity contribution in [1.29, 1.82) is 0 Å². The van der Waals surface area contributed by atoms with Gasteiger partial charge in [-0.3, -0.25) is 9.67 Å². The minimum Gasteiger partial charge on any atom is -0.461 e. The molecule has 1 aliphatic heterocycles. The highest BCUT2D eigenvalue weighted by Crippen LogP contribution is 2.31. The van der Waals surface area contributed by atoms with Crippen molar-refractivity contribution in [2.24, 2.45) is 5.92 Å². The number of likely N-dealkylation sites (tertiary alicyclic amines) is 1. The number of H-pyrrole nitrogens is 1. The van der Waals surface area contributed by atoms with Gasteiger partial charge in [-0.1, -0.05) is 0 Å². The first-order valence-electron chi connectivity index (χ1n) is 7.06. The third-order valence-electron chi connectivity index (χ3n) is 4.30. The van der Waals surface area contributed by atoms with Crippen LogP contribution >= 0.6 is 12.2 Å². The molecular weight excluding hydrogens is 272 g/mol. The van der Waals surface area contributed by atoms with E-state index in [1.54, 1.807) is 6.26 Å². The second kappa shape index (κ2) is 5.54. The van der Waals surface area contributed by atoms with Crippen LogP contribution in [0.1, 0.15) is 25.8 Å². The van der Waals surface area contributed by atoms with Crippen molar-refractivity contribution in [2.75, 3.05) is 20.1 Å². The molecule has 108 valence electrons. The van der Waals surface area contributed by atoms with Crippen LogP contribution in [0.3, 0.4) is 0 Å². The van der Waals surface area contributed by atoms with Gasteiger partial charge in [0.15, 0.2) is 16.4 Å². The molecule has 5 nitrogen and oxygen atoms in total. The number of rotatable bonds is 3. The molecule has 0 bridgehead atoms. The third-order valence-corrected chi connectivity index (χ3v) is 4.59. The molecule has 0 saturated carbocycles. The summed E-state index contributed by atoms with van der Waals surface area (Å²) in [6.07, 6.45) is 4.06. The lowest BCUT2D eigenvalue weighted by atomic mass is 9.90. The largest absolute Gasteiger partial charge is 0.461 e. The highest BCUT2D eigenvalue weighted by molar-refractivity contribution is 7.71. The average molecular weight is 292 g/mol. The van der Waals surface area contributed by atoms with Gasteiger partial charge in [0, 0.05) is 6.04 Å². The number of aromatic amines is 1. The molecule has 0 aliphatic carbocycles. The summed E-state index contributed by atoms with van der Waals surface area (Å²) in [4.78, 5) is 2.38. The van der Waals surface area contributed by atoms with Crippen molar-refractivity contribution in [1.82, 2.24) is 19.7 Å². The number of furan rings is 1. The molecule has 1 fully saturated rings. The zero-order valence-corrected chi connectivity index (χ0v) is 12.7. The second-order valence-electron chi connectivity index (χ2n) is 5.58. The van der Waals surface area contributed by atoms with Crippen molar-refractivity contribution in [2.45, 2.75) is 25.8 Å². The van der Waals surface area contributed by atoms with E-state index >= 15 is 0 Å². The lowest BCUT2D eigenvalue weighted by Gasteiger charge is -2.33. The van der Waals surface area contributed by atoms with Crippen molar-refractivity contribution < 1.29 is 4.42 Å². The molecule has 0 amide bonds. The fraction of sp³-hybridized carbons (Fsp3) is 0.571. The molecule has 2 aromatic heterocycles. The lowest BCUT2D eigenvalue weighted by Crippen LogP contribution is -2.33. The molecule has 1 unspecified atom stereocenters. The fourth-order valence-electron chi connectivity index (χ4n) is 2.98. The zero-order valence-electron chi connectivity index (χ0n) is 11.9. The van der Waals surface area contributed by atoms with Gasteiger partial charge in [0.1, 0.15) is 0 Å². The Kier molecular flexibility index (Phi) is 3.76. The minimum absolute atomic E-state index is 0.329. The average Bonchev–Trinajstić information content (AvgIpc) is 3.07. The fourth-order valence-corrected chi connectivity index (χ4v) is 3.28. The molecule has 2 aromatic rings. The molecule has 6 heteroatoms. The van der Waals surface area contributed by atoms with Crippen molar-refractivity contribution >= 4 is 12.2 Å². The number of nitrogens with one attached hydrogen (secondary N) is 1. The molecule has 1 saturated heterocycles. The molecule has 1 atom stereocenters. The summed E-state index contributed by atoms with van der Waals surface area (Å²) in [5.41, 5.74) is 0. The van der Waals surface area contributed by atoms with Crippen LogP contribution < -0.4 is 0 Å². The van der Waals surface area contributed by atoms with Gasteiger partial charge in [-0.15, -0.1) is 0 Å². The smallest absolute Gasteiger partial charge is 0.198 e. The van der Waals surface area contributed by atoms with Gasteiger partial charge >= 0.3 is 0 Å². The maximum Gasteiger partial charge on any atom is 0.198 e. The first-order valence-corrected chi connectivity index (χ1v) is 7.47. The summed E-state index contributed by atoms with van der Waals surface area (Å²) in [7, 11) is 2.18. The first kappa shape index (κ1) is 13.6. The Labute approximate surface area is 123 Å². The van der Waals surface area contributed by atoms with E-state index in [1.165, 1.54) is 12.8 Å². The summed E-state index contributed by atoms with van der Waals surface area (Å²) in [5, 5.41) is 7.23. The standard InChI is InChI=1S/C14H20N4OS/c1-10(11-5-7-17(2)8-6-11)18-13(15-16-14(18)20)12-4-3-9-19-12/h3-4,9-11H,5-8H2,1-2H3,(H,16,20). The summed E-state index contributed by atoms with van der Waals surface area (Å²) in [6.45, 7) is 4.53. The Morgan fingerprint density at radius 2 is 2.20 bits per heavy atom. The molecule has 0 spiro atoms. The zero-order chi connectivity index (χ0) is 14.1. The van der Waals surface area contributed by atoms with E-state index < -0.39 is 0 Å². The maximum absolute atomic E-state index is 5.47. The van der Waals surface area contributed by atoms with E-state index in [9.17, 15) is 0 Å². The lowest BCUT2D eigenvalue weighted by molar-refractivity contribution is 0.179. The predicted molar refractivity (Wildman–Crippen MR) is 80.0 cm³/mol. The van der Waals surface area contributed by atoms with E-state index in [0.29, 0.717) is 16.7 Å². The highest BCUT2D eigenvalue weighted by Gasteiger charge is 2.26. The van der Waals surface area contributed by atoms with Gasteiger partial charge in [0.25, 0.3) is 0 Å². The Hall–Kier alpha value is -1.40. The normalized spacial score (nSPS) is 19.3. The highest BCUT2D eigenvalue weighted by atomic mass is 32.1. The first-order chi connectivity index (χ1) is 9.66. The van der Waals surface area contributed by atoms with E-state index in [2.05, 4.69) is 33.6 Å². The summed E-state index contributed by atoms with van der Waals surface area (Å²) in [6, 6.07) is 4.12. The number of aromatic nitrogens is 3. The topological polar surface area (TPSA) is 50.0 Å². The van der Waals surface area contributed by atoms with E-state index in [-0.39, 0.29) is 0 Å². The molecule has 0 aromatic carbocycles. The van der Waals surface area contributed by atoms with Crippen molar-refractivity contribution in [3.8, 4) is 11.6 Å². The minimum atomic E-state index is 0.329. The quantitative estimate of drug-likeness (QED) is 0.883. The van der Waals surface area contributed by atoms with Crippen LogP contribution in [0.2, 0.25) is 0 Å². The third kappa shape index (κ3) is 2.45. The Morgan fingerprint density at radius 1 is 1.45 bits per heavy atom. The molecule has 3 heterocycles. The monoisotopic (exact) mass is 292 g/mol. The molecule has 1 N–H and O–H groups in total. The Morgan fingerprint density at radius 3 is 2.85 bits per heavy atom. The van der Waals surface area contributed by atoms with Gasteiger partial charge in [-0.25, -0.2) is 0 Å². The van der Waals surface area contributed by atoms with Crippen molar-refractivity contribution in [3.63, 3.8) is 0 Å². The number of hydrogen-bond acceptors (Lipinski definition) is 4. The van der Waals surface area contributed by atoms with Crippen LogP contribution in [0.4, 0.5) is 0 Å². The molecule has 3 rings (SSSR count). The summed E-state index contributed by atoms with van der Waals surface area (Å²) >= 11 is 5.41. The van der Waals surface area contributed by atoms with Gasteiger partial charge in [-0.2, -0.15) is 5.10 Å². The van der Waals surface area contributed by atoms with Gasteiger partial charge < -0.3 is 9.32 Å². The van der Waals surface area contributed by atoms with E-state index in [0.717, 1.165) is 24.7 Å². The van der Waals surface area contributed by atoms with Crippen LogP contribution in [0, 0.1) is 10.7 Å². The molecule has 20 heavy (non-hydrogen) atoms. The number of nitrogens with zero attached hydrogens (tertiary/aromatic N) is 3. The van der Waals surface area contributed by atoms with E-state index in [4.69, 9.17) is 16.6 Å². The molecule has 1 aliphatic rings. The number of piperidine rings is 1. The van der Waals surface area contributed by atoms with Crippen LogP contribution in [0.5, 0.6) is 0 Å². The van der Waals surface area contributed by atoms with Crippen LogP contribution in [0.25, 0.3) is 11.6 Å². The van der Waals surface area contributed by atoms with Crippen LogP contribution in [0.15, 0.2) is 22.8 Å². The molecule has 0 radical (unpaired) electrons. The van der Waals surface area contributed by atoms with Gasteiger partial charge in [0.2, 0.25) is 0 Å². The van der Waals surface area contributed by atoms with E-state index in [1.807, 2.05) is 12.1 Å². The second-order valence-corrected chi connectivity index (χ2v) is 5.97. The van der Waals surface area contributed by atoms with Gasteiger partial charge in [0.05, 0.1) is 6.26 Å². The maximum atomic E-state index is 5.47. The summed E-state index contributed by atoms with van der Waals surface area (Å²) < 4.78 is 8.24.